The summed E-state index contributed by atoms with van der Waals surface area (Å²) >= 11 is 0. The van der Waals surface area contributed by atoms with Crippen LogP contribution >= 0.6 is 0 Å². The highest BCUT2D eigenvalue weighted by molar-refractivity contribution is 5.57. The standard InChI is InChI=1S/C12H12O2/c13-9-5-6-10(14)12-8-2-1-7(3-4-8)11(9)12/h1-2,5-8,13-14H,3-4H2. The zero-order valence-electron chi connectivity index (χ0n) is 7.77. The van der Waals surface area contributed by atoms with Gasteiger partial charge in [-0.2, -0.15) is 0 Å². The van der Waals surface area contributed by atoms with E-state index in [1.165, 1.54) is 0 Å². The molecule has 0 spiro atoms. The molecule has 72 valence electrons. The van der Waals surface area contributed by atoms with Crippen LogP contribution in [0.3, 0.4) is 0 Å². The van der Waals surface area contributed by atoms with E-state index in [1.807, 2.05) is 0 Å². The lowest BCUT2D eigenvalue weighted by Gasteiger charge is -2.34. The first-order valence-corrected chi connectivity index (χ1v) is 5.00. The van der Waals surface area contributed by atoms with Crippen LogP contribution in [0.15, 0.2) is 24.3 Å². The summed E-state index contributed by atoms with van der Waals surface area (Å²) < 4.78 is 0. The van der Waals surface area contributed by atoms with Crippen molar-refractivity contribution in [3.63, 3.8) is 0 Å². The number of allylic oxidation sites excluding steroid dienone is 2. The van der Waals surface area contributed by atoms with Gasteiger partial charge in [0.15, 0.2) is 0 Å². The number of phenols is 2. The number of phenolic OH excluding ortho intramolecular Hbond substituents is 2. The summed E-state index contributed by atoms with van der Waals surface area (Å²) in [6, 6.07) is 3.17. The zero-order valence-corrected chi connectivity index (χ0v) is 7.77. The van der Waals surface area contributed by atoms with Crippen LogP contribution in [0.5, 0.6) is 11.5 Å². The summed E-state index contributed by atoms with van der Waals surface area (Å²) in [6.07, 6.45) is 6.47. The highest BCUT2D eigenvalue weighted by Gasteiger charge is 2.32. The first-order valence-electron chi connectivity index (χ1n) is 5.00. The largest absolute Gasteiger partial charge is 0.508 e. The lowest BCUT2D eigenvalue weighted by atomic mass is 9.71. The maximum absolute atomic E-state index is 9.76. The Bertz CT molecular complexity index is 382. The van der Waals surface area contributed by atoms with Gasteiger partial charge in [0.1, 0.15) is 11.5 Å². The molecule has 0 aromatic heterocycles. The predicted molar refractivity (Wildman–Crippen MR) is 53.6 cm³/mol. The summed E-state index contributed by atoms with van der Waals surface area (Å²) in [7, 11) is 0. The Morgan fingerprint density at radius 2 is 1.29 bits per heavy atom. The maximum Gasteiger partial charge on any atom is 0.119 e. The molecule has 3 aliphatic carbocycles. The van der Waals surface area contributed by atoms with Gasteiger partial charge in [-0.25, -0.2) is 0 Å². The molecule has 4 rings (SSSR count). The molecule has 14 heavy (non-hydrogen) atoms. The fourth-order valence-electron chi connectivity index (χ4n) is 2.69. The van der Waals surface area contributed by atoms with Crippen molar-refractivity contribution < 1.29 is 10.2 Å². The third kappa shape index (κ3) is 0.857. The molecule has 1 aromatic rings. The van der Waals surface area contributed by atoms with E-state index in [1.54, 1.807) is 12.1 Å². The summed E-state index contributed by atoms with van der Waals surface area (Å²) in [5.41, 5.74) is 1.90. The average molecular weight is 188 g/mol. The molecule has 2 nitrogen and oxygen atoms in total. The van der Waals surface area contributed by atoms with E-state index in [0.29, 0.717) is 23.3 Å². The first-order chi connectivity index (χ1) is 6.77. The molecule has 2 bridgehead atoms. The van der Waals surface area contributed by atoms with E-state index in [9.17, 15) is 10.2 Å². The smallest absolute Gasteiger partial charge is 0.119 e. The molecule has 0 heterocycles. The molecule has 0 amide bonds. The van der Waals surface area contributed by atoms with Crippen molar-refractivity contribution in [1.29, 1.82) is 0 Å². The molecule has 0 aliphatic heterocycles. The van der Waals surface area contributed by atoms with Crippen LogP contribution in [0.25, 0.3) is 0 Å². The highest BCUT2D eigenvalue weighted by Crippen LogP contribution is 2.51. The molecule has 2 atom stereocenters. The molecule has 0 radical (unpaired) electrons. The van der Waals surface area contributed by atoms with Gasteiger partial charge >= 0.3 is 0 Å². The van der Waals surface area contributed by atoms with Crippen LogP contribution < -0.4 is 0 Å². The summed E-state index contributed by atoms with van der Waals surface area (Å²) in [4.78, 5) is 0. The van der Waals surface area contributed by atoms with Gasteiger partial charge in [0.05, 0.1) is 0 Å². The van der Waals surface area contributed by atoms with E-state index in [-0.39, 0.29) is 0 Å². The van der Waals surface area contributed by atoms with Gasteiger partial charge in [-0.1, -0.05) is 12.2 Å². The minimum absolute atomic E-state index is 0.307. The molecular weight excluding hydrogens is 176 g/mol. The van der Waals surface area contributed by atoms with Gasteiger partial charge in [-0.05, 0) is 25.0 Å². The van der Waals surface area contributed by atoms with Crippen molar-refractivity contribution in [2.24, 2.45) is 0 Å². The molecular formula is C12H12O2. The van der Waals surface area contributed by atoms with Gasteiger partial charge in [-0.15, -0.1) is 0 Å². The van der Waals surface area contributed by atoms with Crippen molar-refractivity contribution in [2.45, 2.75) is 24.7 Å². The van der Waals surface area contributed by atoms with E-state index >= 15 is 0 Å². The zero-order chi connectivity index (χ0) is 9.71. The molecule has 0 saturated carbocycles. The maximum atomic E-state index is 9.76. The van der Waals surface area contributed by atoms with E-state index < -0.39 is 0 Å². The summed E-state index contributed by atoms with van der Waals surface area (Å²) in [6.45, 7) is 0. The van der Waals surface area contributed by atoms with Gasteiger partial charge in [0.2, 0.25) is 0 Å². The number of hydrogen-bond donors (Lipinski definition) is 2. The topological polar surface area (TPSA) is 40.5 Å². The fourth-order valence-corrected chi connectivity index (χ4v) is 2.69. The second kappa shape index (κ2) is 2.53. The Kier molecular flexibility index (Phi) is 1.43. The number of rotatable bonds is 0. The molecule has 0 fully saturated rings. The molecule has 0 saturated heterocycles. The second-order valence-electron chi connectivity index (χ2n) is 4.11. The third-order valence-electron chi connectivity index (χ3n) is 3.35. The molecule has 2 heteroatoms. The Morgan fingerprint density at radius 1 is 0.857 bits per heavy atom. The summed E-state index contributed by atoms with van der Waals surface area (Å²) in [5, 5.41) is 19.5. The minimum Gasteiger partial charge on any atom is -0.508 e. The highest BCUT2D eigenvalue weighted by atomic mass is 16.3. The van der Waals surface area contributed by atoms with Crippen LogP contribution in [0, 0.1) is 0 Å². The fraction of sp³-hybridized carbons (Fsp3) is 0.333. The van der Waals surface area contributed by atoms with Crippen LogP contribution in [0.2, 0.25) is 0 Å². The average Bonchev–Trinajstić information content (AvgIpc) is 2.25. The number of fused-ring (bicyclic) bond motifs is 1. The van der Waals surface area contributed by atoms with E-state index in [4.69, 9.17) is 0 Å². The normalized spacial score (nSPS) is 27.7. The Morgan fingerprint density at radius 3 is 1.64 bits per heavy atom. The van der Waals surface area contributed by atoms with Crippen LogP contribution in [-0.4, -0.2) is 10.2 Å². The Labute approximate surface area is 82.5 Å². The van der Waals surface area contributed by atoms with Crippen molar-refractivity contribution in [1.82, 2.24) is 0 Å². The summed E-state index contributed by atoms with van der Waals surface area (Å²) in [5.74, 6) is 1.28. The lowest BCUT2D eigenvalue weighted by molar-refractivity contribution is 0.421. The SMILES string of the molecule is Oc1ccc(O)c2c1C1C=CC2CC1. The second-order valence-corrected chi connectivity index (χ2v) is 4.11. The predicted octanol–water partition coefficient (Wildman–Crippen LogP) is 2.63. The van der Waals surface area contributed by atoms with Gasteiger partial charge in [-0.3, -0.25) is 0 Å². The van der Waals surface area contributed by atoms with Crippen molar-refractivity contribution >= 4 is 0 Å². The van der Waals surface area contributed by atoms with Crippen LogP contribution in [0.1, 0.15) is 35.8 Å². The lowest BCUT2D eigenvalue weighted by Crippen LogP contribution is -2.17. The van der Waals surface area contributed by atoms with Crippen LogP contribution in [-0.2, 0) is 0 Å². The quantitative estimate of drug-likeness (QED) is 0.485. The van der Waals surface area contributed by atoms with E-state index in [2.05, 4.69) is 12.2 Å². The number of hydrogen-bond acceptors (Lipinski definition) is 2. The monoisotopic (exact) mass is 188 g/mol. The van der Waals surface area contributed by atoms with Gasteiger partial charge < -0.3 is 10.2 Å². The Balaban J connectivity index is 2.31. The Hall–Kier alpha value is -1.44. The molecule has 2 N–H and O–H groups in total. The molecule has 1 aromatic carbocycles. The van der Waals surface area contributed by atoms with Gasteiger partial charge in [0, 0.05) is 23.0 Å². The minimum atomic E-state index is 0.307. The first kappa shape index (κ1) is 7.92. The van der Waals surface area contributed by atoms with Crippen LogP contribution in [0.4, 0.5) is 0 Å². The third-order valence-corrected chi connectivity index (χ3v) is 3.35. The van der Waals surface area contributed by atoms with Crippen molar-refractivity contribution in [2.75, 3.05) is 0 Å². The van der Waals surface area contributed by atoms with Crippen molar-refractivity contribution in [3.05, 3.63) is 35.4 Å². The van der Waals surface area contributed by atoms with E-state index in [0.717, 1.165) is 24.0 Å². The number of aromatic hydroxyl groups is 2. The van der Waals surface area contributed by atoms with Crippen molar-refractivity contribution in [3.8, 4) is 11.5 Å². The number of benzene rings is 1. The molecule has 2 unspecified atom stereocenters. The molecule has 3 aliphatic rings. The van der Waals surface area contributed by atoms with Gasteiger partial charge in [0.25, 0.3) is 0 Å².